The van der Waals surface area contributed by atoms with Gasteiger partial charge in [-0.1, -0.05) is 39.5 Å². The van der Waals surface area contributed by atoms with E-state index in [9.17, 15) is 15.0 Å². The number of nitrogens with zero attached hydrogens (tertiary/aromatic N) is 1. The minimum absolute atomic E-state index is 0.333. The van der Waals surface area contributed by atoms with E-state index in [1.165, 1.54) is 6.42 Å². The molecule has 0 spiro atoms. The summed E-state index contributed by atoms with van der Waals surface area (Å²) in [6.07, 6.45) is 5.54. The summed E-state index contributed by atoms with van der Waals surface area (Å²) < 4.78 is 0. The first-order chi connectivity index (χ1) is 9.36. The Balaban J connectivity index is 0. The van der Waals surface area contributed by atoms with E-state index in [4.69, 9.17) is 5.11 Å². The molecule has 5 nitrogen and oxygen atoms in total. The Morgan fingerprint density at radius 3 is 1.80 bits per heavy atom. The minimum atomic E-state index is -0.675. The molecule has 0 radical (unpaired) electrons. The van der Waals surface area contributed by atoms with Gasteiger partial charge in [-0.2, -0.15) is 0 Å². The molecule has 0 aliphatic carbocycles. The second kappa shape index (κ2) is 14.8. The lowest BCUT2D eigenvalue weighted by Gasteiger charge is -2.27. The number of hydrogen-bond donors (Lipinski definition) is 3. The van der Waals surface area contributed by atoms with Crippen LogP contribution in [-0.4, -0.2) is 45.2 Å². The van der Waals surface area contributed by atoms with Crippen molar-refractivity contribution in [3.05, 3.63) is 0 Å². The molecule has 0 saturated heterocycles. The third-order valence-electron chi connectivity index (χ3n) is 2.97. The van der Waals surface area contributed by atoms with Crippen molar-refractivity contribution in [3.8, 4) is 0 Å². The van der Waals surface area contributed by atoms with Crippen molar-refractivity contribution in [2.24, 2.45) is 0 Å². The van der Waals surface area contributed by atoms with E-state index < -0.39 is 18.4 Å². The molecule has 0 fully saturated rings. The Labute approximate surface area is 123 Å². The Morgan fingerprint density at radius 2 is 1.45 bits per heavy atom. The van der Waals surface area contributed by atoms with Crippen molar-refractivity contribution < 1.29 is 20.1 Å². The molecule has 0 aromatic heterocycles. The third kappa shape index (κ3) is 15.4. The van der Waals surface area contributed by atoms with Gasteiger partial charge < -0.3 is 15.3 Å². The standard InChI is InChI=1S/C8H19NO2.C7H14O2/c1-4-5-6-9(7(2)10)8(3)11;1-2-3-4-5-6-7(8)9/h7-8,10-11H,4-6H2,1-3H3;2-6H2,1H3,(H,8,9). The topological polar surface area (TPSA) is 81.0 Å². The van der Waals surface area contributed by atoms with Crippen molar-refractivity contribution in [1.82, 2.24) is 4.90 Å². The lowest BCUT2D eigenvalue weighted by molar-refractivity contribution is -0.137. The van der Waals surface area contributed by atoms with Crippen LogP contribution < -0.4 is 0 Å². The number of rotatable bonds is 10. The Morgan fingerprint density at radius 1 is 0.950 bits per heavy atom. The van der Waals surface area contributed by atoms with Crippen molar-refractivity contribution in [3.63, 3.8) is 0 Å². The zero-order valence-electron chi connectivity index (χ0n) is 13.5. The molecule has 5 heteroatoms. The summed E-state index contributed by atoms with van der Waals surface area (Å²) in [5, 5.41) is 26.6. The van der Waals surface area contributed by atoms with Crippen LogP contribution >= 0.6 is 0 Å². The molecule has 0 bridgehead atoms. The smallest absolute Gasteiger partial charge is 0.303 e. The highest BCUT2D eigenvalue weighted by atomic mass is 16.4. The Hall–Kier alpha value is -0.650. The highest BCUT2D eigenvalue weighted by Crippen LogP contribution is 2.03. The number of unbranched alkanes of at least 4 members (excludes halogenated alkanes) is 4. The van der Waals surface area contributed by atoms with Gasteiger partial charge in [0.15, 0.2) is 0 Å². The predicted molar refractivity (Wildman–Crippen MR) is 81.4 cm³/mol. The van der Waals surface area contributed by atoms with Crippen LogP contribution in [0.5, 0.6) is 0 Å². The molecule has 0 aliphatic rings. The van der Waals surface area contributed by atoms with E-state index >= 15 is 0 Å². The van der Waals surface area contributed by atoms with E-state index in [-0.39, 0.29) is 0 Å². The van der Waals surface area contributed by atoms with E-state index in [2.05, 4.69) is 13.8 Å². The molecule has 20 heavy (non-hydrogen) atoms. The maximum atomic E-state index is 9.96. The number of aliphatic hydroxyl groups is 2. The lowest BCUT2D eigenvalue weighted by atomic mass is 10.2. The summed E-state index contributed by atoms with van der Waals surface area (Å²) >= 11 is 0. The molecule has 0 saturated carbocycles. The van der Waals surface area contributed by atoms with Crippen LogP contribution in [0, 0.1) is 0 Å². The highest BCUT2D eigenvalue weighted by molar-refractivity contribution is 5.66. The van der Waals surface area contributed by atoms with E-state index in [1.54, 1.807) is 18.7 Å². The first-order valence-electron chi connectivity index (χ1n) is 7.70. The van der Waals surface area contributed by atoms with Crippen LogP contribution in [0.2, 0.25) is 0 Å². The second-order valence-corrected chi connectivity index (χ2v) is 5.06. The summed E-state index contributed by atoms with van der Waals surface area (Å²) in [6, 6.07) is 0. The van der Waals surface area contributed by atoms with Gasteiger partial charge in [-0.25, -0.2) is 0 Å². The average molecular weight is 291 g/mol. The van der Waals surface area contributed by atoms with Gasteiger partial charge in [-0.3, -0.25) is 9.69 Å². The molecule has 0 aliphatic heterocycles. The van der Waals surface area contributed by atoms with Crippen LogP contribution in [0.4, 0.5) is 0 Å². The van der Waals surface area contributed by atoms with Crippen molar-refractivity contribution in [2.45, 2.75) is 85.1 Å². The zero-order chi connectivity index (χ0) is 16.0. The number of carboxylic acids is 1. The molecule has 0 aromatic rings. The first-order valence-corrected chi connectivity index (χ1v) is 7.70. The minimum Gasteiger partial charge on any atom is -0.481 e. The molecule has 2 unspecified atom stereocenters. The number of hydrogen-bond acceptors (Lipinski definition) is 4. The quantitative estimate of drug-likeness (QED) is 0.426. The van der Waals surface area contributed by atoms with Gasteiger partial charge in [-0.15, -0.1) is 0 Å². The maximum Gasteiger partial charge on any atom is 0.303 e. The van der Waals surface area contributed by atoms with Crippen LogP contribution in [0.25, 0.3) is 0 Å². The van der Waals surface area contributed by atoms with Crippen molar-refractivity contribution >= 4 is 5.97 Å². The largest absolute Gasteiger partial charge is 0.481 e. The van der Waals surface area contributed by atoms with Gasteiger partial charge in [0, 0.05) is 13.0 Å². The van der Waals surface area contributed by atoms with Gasteiger partial charge >= 0.3 is 5.97 Å². The fraction of sp³-hybridized carbons (Fsp3) is 0.933. The number of aliphatic carboxylic acids is 1. The summed E-state index contributed by atoms with van der Waals surface area (Å²) in [5.41, 5.74) is 0. The molecular weight excluding hydrogens is 258 g/mol. The number of aliphatic hydroxyl groups excluding tert-OH is 2. The molecular formula is C15H33NO4. The molecule has 0 rings (SSSR count). The third-order valence-corrected chi connectivity index (χ3v) is 2.97. The molecule has 0 amide bonds. The predicted octanol–water partition coefficient (Wildman–Crippen LogP) is 2.81. The summed E-state index contributed by atoms with van der Waals surface area (Å²) in [7, 11) is 0. The molecule has 122 valence electrons. The van der Waals surface area contributed by atoms with Crippen molar-refractivity contribution in [2.75, 3.05) is 6.54 Å². The van der Waals surface area contributed by atoms with E-state index in [0.717, 1.165) is 38.6 Å². The average Bonchev–Trinajstić information content (AvgIpc) is 2.35. The van der Waals surface area contributed by atoms with Gasteiger partial charge in [0.05, 0.1) is 0 Å². The fourth-order valence-corrected chi connectivity index (χ4v) is 1.73. The fourth-order valence-electron chi connectivity index (χ4n) is 1.73. The summed E-state index contributed by atoms with van der Waals surface area (Å²) in [6.45, 7) is 8.29. The molecule has 2 atom stereocenters. The monoisotopic (exact) mass is 291 g/mol. The summed E-state index contributed by atoms with van der Waals surface area (Å²) in [5.74, 6) is -0.675. The molecule has 3 N–H and O–H groups in total. The normalized spacial score (nSPS) is 13.6. The highest BCUT2D eigenvalue weighted by Gasteiger charge is 2.14. The van der Waals surface area contributed by atoms with Gasteiger partial charge in [-0.05, 0) is 26.7 Å². The van der Waals surface area contributed by atoms with Gasteiger partial charge in [0.25, 0.3) is 0 Å². The maximum absolute atomic E-state index is 9.96. The Kier molecular flexibility index (Phi) is 16.0. The Bertz CT molecular complexity index is 212. The van der Waals surface area contributed by atoms with E-state index in [1.807, 2.05) is 0 Å². The first kappa shape index (κ1) is 21.6. The SMILES string of the molecule is CCCCCCC(=O)O.CCCCN(C(C)O)C(C)O. The van der Waals surface area contributed by atoms with Crippen LogP contribution in [0.1, 0.15) is 72.6 Å². The lowest BCUT2D eigenvalue weighted by Crippen LogP contribution is -2.40. The molecule has 0 aromatic carbocycles. The van der Waals surface area contributed by atoms with Gasteiger partial charge in [0.1, 0.15) is 12.5 Å². The molecule has 0 heterocycles. The summed E-state index contributed by atoms with van der Waals surface area (Å²) in [4.78, 5) is 11.6. The second-order valence-electron chi connectivity index (χ2n) is 5.06. The van der Waals surface area contributed by atoms with Crippen molar-refractivity contribution in [1.29, 1.82) is 0 Å². The number of carboxylic acid groups (broad SMARTS) is 1. The van der Waals surface area contributed by atoms with Crippen LogP contribution in [-0.2, 0) is 4.79 Å². The van der Waals surface area contributed by atoms with Crippen LogP contribution in [0.15, 0.2) is 0 Å². The van der Waals surface area contributed by atoms with E-state index in [0.29, 0.717) is 6.42 Å². The number of carbonyl (C=O) groups is 1. The van der Waals surface area contributed by atoms with Gasteiger partial charge in [0.2, 0.25) is 0 Å². The van der Waals surface area contributed by atoms with Crippen LogP contribution in [0.3, 0.4) is 0 Å². The zero-order valence-corrected chi connectivity index (χ0v) is 13.5.